The monoisotopic (exact) mass is 285 g/mol. The van der Waals surface area contributed by atoms with Crippen molar-refractivity contribution in [2.75, 3.05) is 14.2 Å². The van der Waals surface area contributed by atoms with Crippen molar-refractivity contribution in [2.24, 2.45) is 5.73 Å². The van der Waals surface area contributed by atoms with Gasteiger partial charge in [0.2, 0.25) is 0 Å². The van der Waals surface area contributed by atoms with Crippen LogP contribution in [0.4, 0.5) is 0 Å². The molecule has 2 N–H and O–H groups in total. The Kier molecular flexibility index (Phi) is 3.82. The van der Waals surface area contributed by atoms with Crippen LogP contribution in [0.25, 0.3) is 0 Å². The molecule has 3 rings (SSSR count). The number of hydrogen-bond donors (Lipinski definition) is 1. The van der Waals surface area contributed by atoms with Crippen LogP contribution < -0.4 is 15.2 Å². The number of benzene rings is 2. The lowest BCUT2D eigenvalue weighted by molar-refractivity contribution is 0.134. The fourth-order valence-corrected chi connectivity index (χ4v) is 2.74. The third-order valence-corrected chi connectivity index (χ3v) is 3.88. The molecule has 2 aromatic carbocycles. The van der Waals surface area contributed by atoms with E-state index in [0.29, 0.717) is 13.2 Å². The van der Waals surface area contributed by atoms with E-state index in [0.717, 1.165) is 22.6 Å². The Balaban J connectivity index is 2.04. The third-order valence-electron chi connectivity index (χ3n) is 3.88. The molecule has 0 amide bonds. The topological polar surface area (TPSA) is 53.7 Å². The van der Waals surface area contributed by atoms with Crippen LogP contribution in [0.3, 0.4) is 0 Å². The molecular formula is C17H19NO3. The highest BCUT2D eigenvalue weighted by atomic mass is 16.5. The lowest BCUT2D eigenvalue weighted by atomic mass is 9.95. The predicted molar refractivity (Wildman–Crippen MR) is 80.5 cm³/mol. The quantitative estimate of drug-likeness (QED) is 0.938. The van der Waals surface area contributed by atoms with Crippen LogP contribution >= 0.6 is 0 Å². The first-order chi connectivity index (χ1) is 10.2. The second kappa shape index (κ2) is 5.76. The van der Waals surface area contributed by atoms with Crippen molar-refractivity contribution in [1.82, 2.24) is 0 Å². The van der Waals surface area contributed by atoms with E-state index in [2.05, 4.69) is 12.1 Å². The van der Waals surface area contributed by atoms with E-state index in [1.807, 2.05) is 24.3 Å². The number of nitrogens with two attached hydrogens (primary N) is 1. The van der Waals surface area contributed by atoms with Crippen molar-refractivity contribution in [1.29, 1.82) is 0 Å². The zero-order valence-electron chi connectivity index (χ0n) is 12.3. The van der Waals surface area contributed by atoms with Crippen molar-refractivity contribution in [3.8, 4) is 11.5 Å². The Hall–Kier alpha value is -2.04. The molecular weight excluding hydrogens is 266 g/mol. The number of hydrogen-bond acceptors (Lipinski definition) is 4. The summed E-state index contributed by atoms with van der Waals surface area (Å²) in [5, 5.41) is 0. The van der Waals surface area contributed by atoms with Crippen molar-refractivity contribution >= 4 is 0 Å². The smallest absolute Gasteiger partial charge is 0.127 e. The van der Waals surface area contributed by atoms with Crippen LogP contribution in [0.5, 0.6) is 11.5 Å². The molecule has 4 heteroatoms. The Bertz CT molecular complexity index is 632. The van der Waals surface area contributed by atoms with Gasteiger partial charge >= 0.3 is 0 Å². The molecule has 1 heterocycles. The van der Waals surface area contributed by atoms with Crippen molar-refractivity contribution < 1.29 is 14.2 Å². The summed E-state index contributed by atoms with van der Waals surface area (Å²) in [6.45, 7) is 1.34. The molecule has 2 aromatic rings. The highest BCUT2D eigenvalue weighted by Crippen LogP contribution is 2.36. The zero-order valence-corrected chi connectivity index (χ0v) is 12.3. The number of rotatable bonds is 4. The van der Waals surface area contributed by atoms with E-state index in [-0.39, 0.29) is 6.04 Å². The van der Waals surface area contributed by atoms with Gasteiger partial charge in [-0.05, 0) is 28.8 Å². The molecule has 0 radical (unpaired) electrons. The molecule has 0 saturated carbocycles. The number of methoxy groups -OCH3 is 2. The number of ether oxygens (including phenoxy) is 3. The third kappa shape index (κ3) is 2.48. The van der Waals surface area contributed by atoms with Gasteiger partial charge in [0, 0.05) is 0 Å². The molecule has 0 aliphatic carbocycles. The summed E-state index contributed by atoms with van der Waals surface area (Å²) in [5.41, 5.74) is 10.8. The van der Waals surface area contributed by atoms with Crippen LogP contribution in [-0.4, -0.2) is 14.2 Å². The lowest BCUT2D eigenvalue weighted by Gasteiger charge is -2.19. The molecule has 0 saturated heterocycles. The van der Waals surface area contributed by atoms with Crippen LogP contribution in [0, 0.1) is 0 Å². The highest BCUT2D eigenvalue weighted by molar-refractivity contribution is 5.51. The molecule has 0 aromatic heterocycles. The summed E-state index contributed by atoms with van der Waals surface area (Å²) in [6.07, 6.45) is 0. The molecule has 4 nitrogen and oxygen atoms in total. The molecule has 1 aliphatic heterocycles. The van der Waals surface area contributed by atoms with Crippen LogP contribution in [0.2, 0.25) is 0 Å². The first-order valence-electron chi connectivity index (χ1n) is 6.90. The van der Waals surface area contributed by atoms with Crippen molar-refractivity contribution in [2.45, 2.75) is 19.3 Å². The minimum atomic E-state index is -0.304. The first-order valence-corrected chi connectivity index (χ1v) is 6.90. The molecule has 1 unspecified atom stereocenters. The van der Waals surface area contributed by atoms with E-state index in [1.165, 1.54) is 11.1 Å². The average Bonchev–Trinajstić information content (AvgIpc) is 3.00. The predicted octanol–water partition coefficient (Wildman–Crippen LogP) is 2.78. The fourth-order valence-electron chi connectivity index (χ4n) is 2.74. The van der Waals surface area contributed by atoms with Crippen molar-refractivity contribution in [3.05, 3.63) is 58.7 Å². The Morgan fingerprint density at radius 3 is 2.33 bits per heavy atom. The normalized spacial score (nSPS) is 14.6. The van der Waals surface area contributed by atoms with Gasteiger partial charge in [-0.25, -0.2) is 0 Å². The molecule has 110 valence electrons. The Morgan fingerprint density at radius 2 is 1.67 bits per heavy atom. The van der Waals surface area contributed by atoms with Crippen LogP contribution in [0.15, 0.2) is 36.4 Å². The van der Waals surface area contributed by atoms with Gasteiger partial charge in [0.15, 0.2) is 0 Å². The standard InChI is InChI=1S/C17H19NO3/c1-19-14-4-3-5-15(20-2)16(14)17(18)11-6-7-12-9-21-10-13(12)8-11/h3-8,17H,9-10,18H2,1-2H3. The van der Waals surface area contributed by atoms with Gasteiger partial charge in [0.05, 0.1) is 39.0 Å². The summed E-state index contributed by atoms with van der Waals surface area (Å²) in [4.78, 5) is 0. The van der Waals surface area contributed by atoms with Gasteiger partial charge in [-0.2, -0.15) is 0 Å². The fraction of sp³-hybridized carbons (Fsp3) is 0.294. The molecule has 21 heavy (non-hydrogen) atoms. The number of fused-ring (bicyclic) bond motifs is 1. The van der Waals surface area contributed by atoms with Gasteiger partial charge in [0.1, 0.15) is 11.5 Å². The summed E-state index contributed by atoms with van der Waals surface area (Å²) in [6, 6.07) is 11.6. The van der Waals surface area contributed by atoms with Crippen molar-refractivity contribution in [3.63, 3.8) is 0 Å². The summed E-state index contributed by atoms with van der Waals surface area (Å²) < 4.78 is 16.3. The minimum absolute atomic E-state index is 0.304. The maximum atomic E-state index is 6.46. The van der Waals surface area contributed by atoms with Gasteiger partial charge < -0.3 is 19.9 Å². The Morgan fingerprint density at radius 1 is 1.00 bits per heavy atom. The molecule has 0 bridgehead atoms. The Labute approximate surface area is 124 Å². The molecule has 0 spiro atoms. The highest BCUT2D eigenvalue weighted by Gasteiger charge is 2.21. The lowest BCUT2D eigenvalue weighted by Crippen LogP contribution is -2.14. The summed E-state index contributed by atoms with van der Waals surface area (Å²) in [5.74, 6) is 1.47. The summed E-state index contributed by atoms with van der Waals surface area (Å²) in [7, 11) is 3.28. The van der Waals surface area contributed by atoms with E-state index >= 15 is 0 Å². The largest absolute Gasteiger partial charge is 0.496 e. The second-order valence-corrected chi connectivity index (χ2v) is 5.07. The maximum absolute atomic E-state index is 6.46. The maximum Gasteiger partial charge on any atom is 0.127 e. The average molecular weight is 285 g/mol. The van der Waals surface area contributed by atoms with E-state index in [9.17, 15) is 0 Å². The van der Waals surface area contributed by atoms with E-state index in [4.69, 9.17) is 19.9 Å². The SMILES string of the molecule is COc1cccc(OC)c1C(N)c1ccc2c(c1)COC2. The second-order valence-electron chi connectivity index (χ2n) is 5.07. The summed E-state index contributed by atoms with van der Waals surface area (Å²) >= 11 is 0. The zero-order chi connectivity index (χ0) is 14.8. The molecule has 0 fully saturated rings. The van der Waals surface area contributed by atoms with Gasteiger partial charge in [-0.15, -0.1) is 0 Å². The van der Waals surface area contributed by atoms with Crippen LogP contribution in [0.1, 0.15) is 28.3 Å². The first kappa shape index (κ1) is 13.9. The van der Waals surface area contributed by atoms with Gasteiger partial charge in [-0.1, -0.05) is 24.3 Å². The minimum Gasteiger partial charge on any atom is -0.496 e. The van der Waals surface area contributed by atoms with Gasteiger partial charge in [-0.3, -0.25) is 0 Å². The van der Waals surface area contributed by atoms with E-state index in [1.54, 1.807) is 14.2 Å². The van der Waals surface area contributed by atoms with Gasteiger partial charge in [0.25, 0.3) is 0 Å². The van der Waals surface area contributed by atoms with Crippen LogP contribution in [-0.2, 0) is 18.0 Å². The molecule has 1 atom stereocenters. The molecule has 1 aliphatic rings. The van der Waals surface area contributed by atoms with E-state index < -0.39 is 0 Å².